The van der Waals surface area contributed by atoms with E-state index in [0.717, 1.165) is 6.07 Å². The summed E-state index contributed by atoms with van der Waals surface area (Å²) in [5, 5.41) is 2.80. The van der Waals surface area contributed by atoms with Gasteiger partial charge in [-0.2, -0.15) is 0 Å². The third kappa shape index (κ3) is 5.02. The molecular formula is C15H19F3N2O3. The van der Waals surface area contributed by atoms with E-state index in [0.29, 0.717) is 19.4 Å². The number of amides is 1. The van der Waals surface area contributed by atoms with E-state index in [9.17, 15) is 18.0 Å². The Morgan fingerprint density at radius 2 is 2.13 bits per heavy atom. The van der Waals surface area contributed by atoms with Crippen molar-refractivity contribution < 1.29 is 27.4 Å². The van der Waals surface area contributed by atoms with E-state index >= 15 is 0 Å². The van der Waals surface area contributed by atoms with E-state index in [1.165, 1.54) is 12.1 Å². The first kappa shape index (κ1) is 17.4. The Kier molecular flexibility index (Phi) is 4.74. The van der Waals surface area contributed by atoms with Gasteiger partial charge >= 0.3 is 6.36 Å². The van der Waals surface area contributed by atoms with Crippen molar-refractivity contribution in [2.24, 2.45) is 0 Å². The molecule has 1 aliphatic heterocycles. The van der Waals surface area contributed by atoms with Gasteiger partial charge in [0.15, 0.2) is 5.75 Å². The molecule has 1 atom stereocenters. The minimum absolute atomic E-state index is 0.0581. The fraction of sp³-hybridized carbons (Fsp3) is 0.533. The summed E-state index contributed by atoms with van der Waals surface area (Å²) >= 11 is 0. The van der Waals surface area contributed by atoms with Crippen molar-refractivity contribution in [3.05, 3.63) is 23.8 Å². The van der Waals surface area contributed by atoms with Crippen molar-refractivity contribution in [3.8, 4) is 5.75 Å². The maximum atomic E-state index is 12.3. The maximum Gasteiger partial charge on any atom is 0.573 e. The molecular weight excluding hydrogens is 313 g/mol. The van der Waals surface area contributed by atoms with Crippen LogP contribution in [0.1, 0.15) is 37.0 Å². The highest BCUT2D eigenvalue weighted by Gasteiger charge is 2.33. The largest absolute Gasteiger partial charge is 0.573 e. The molecule has 1 aliphatic rings. The summed E-state index contributed by atoms with van der Waals surface area (Å²) in [7, 11) is 0. The number of carbonyl (C=O) groups excluding carboxylic acids is 1. The van der Waals surface area contributed by atoms with Gasteiger partial charge in [0.2, 0.25) is 0 Å². The molecule has 1 fully saturated rings. The van der Waals surface area contributed by atoms with Gasteiger partial charge in [0, 0.05) is 18.2 Å². The minimum Gasteiger partial charge on any atom is -0.404 e. The molecule has 1 heterocycles. The summed E-state index contributed by atoms with van der Waals surface area (Å²) in [6.07, 6.45) is -3.59. The van der Waals surface area contributed by atoms with Crippen LogP contribution >= 0.6 is 0 Å². The number of halogens is 3. The van der Waals surface area contributed by atoms with Crippen LogP contribution in [0.15, 0.2) is 18.2 Å². The number of hydrogen-bond acceptors (Lipinski definition) is 4. The summed E-state index contributed by atoms with van der Waals surface area (Å²) in [6, 6.07) is 3.46. The quantitative estimate of drug-likeness (QED) is 0.835. The molecule has 128 valence electrons. The number of rotatable bonds is 3. The molecule has 5 nitrogen and oxygen atoms in total. The van der Waals surface area contributed by atoms with Gasteiger partial charge in [0.05, 0.1) is 11.3 Å². The molecule has 0 aromatic heterocycles. The third-order valence-electron chi connectivity index (χ3n) is 3.53. The number of anilines is 1. The van der Waals surface area contributed by atoms with Crippen LogP contribution < -0.4 is 15.8 Å². The van der Waals surface area contributed by atoms with Crippen LogP contribution in [0.5, 0.6) is 5.75 Å². The SMILES string of the molecule is CC1(C)CC(NC(=O)c2ccc(N)c(OC(F)(F)F)c2)CCO1. The van der Waals surface area contributed by atoms with Crippen LogP contribution in [0, 0.1) is 0 Å². The predicted octanol–water partition coefficient (Wildman–Crippen LogP) is 2.85. The molecule has 0 bridgehead atoms. The number of nitrogens with one attached hydrogen (secondary N) is 1. The van der Waals surface area contributed by atoms with Crippen molar-refractivity contribution in [1.82, 2.24) is 5.32 Å². The Labute approximate surface area is 131 Å². The van der Waals surface area contributed by atoms with Gasteiger partial charge in [-0.3, -0.25) is 4.79 Å². The average Bonchev–Trinajstić information content (AvgIpc) is 2.38. The zero-order chi connectivity index (χ0) is 17.3. The van der Waals surface area contributed by atoms with E-state index in [1.807, 2.05) is 13.8 Å². The first-order chi connectivity index (χ1) is 10.6. The van der Waals surface area contributed by atoms with Crippen LogP contribution in [0.4, 0.5) is 18.9 Å². The van der Waals surface area contributed by atoms with Crippen molar-refractivity contribution in [3.63, 3.8) is 0 Å². The summed E-state index contributed by atoms with van der Waals surface area (Å²) in [4.78, 5) is 12.2. The highest BCUT2D eigenvalue weighted by Crippen LogP contribution is 2.29. The number of nitrogen functional groups attached to an aromatic ring is 1. The number of benzene rings is 1. The summed E-state index contributed by atoms with van der Waals surface area (Å²) in [5.74, 6) is -1.06. The molecule has 0 saturated carbocycles. The zero-order valence-corrected chi connectivity index (χ0v) is 12.9. The summed E-state index contributed by atoms with van der Waals surface area (Å²) in [6.45, 7) is 4.36. The van der Waals surface area contributed by atoms with Crippen LogP contribution in [0.2, 0.25) is 0 Å². The Morgan fingerprint density at radius 1 is 1.43 bits per heavy atom. The maximum absolute atomic E-state index is 12.3. The van der Waals surface area contributed by atoms with Crippen LogP contribution in [-0.2, 0) is 4.74 Å². The highest BCUT2D eigenvalue weighted by atomic mass is 19.4. The molecule has 1 saturated heterocycles. The third-order valence-corrected chi connectivity index (χ3v) is 3.53. The van der Waals surface area contributed by atoms with Crippen molar-refractivity contribution in [1.29, 1.82) is 0 Å². The average molecular weight is 332 g/mol. The minimum atomic E-state index is -4.87. The van der Waals surface area contributed by atoms with Gasteiger partial charge in [-0.05, 0) is 44.9 Å². The van der Waals surface area contributed by atoms with E-state index in [4.69, 9.17) is 10.5 Å². The zero-order valence-electron chi connectivity index (χ0n) is 12.9. The number of nitrogens with two attached hydrogens (primary N) is 1. The predicted molar refractivity (Wildman–Crippen MR) is 78.1 cm³/mol. The molecule has 0 radical (unpaired) electrons. The second kappa shape index (κ2) is 6.27. The van der Waals surface area contributed by atoms with Gasteiger partial charge in [-0.25, -0.2) is 0 Å². The van der Waals surface area contributed by atoms with Crippen molar-refractivity contribution >= 4 is 11.6 Å². The van der Waals surface area contributed by atoms with Crippen molar-refractivity contribution in [2.45, 2.75) is 44.7 Å². The smallest absolute Gasteiger partial charge is 0.404 e. The Balaban J connectivity index is 2.09. The normalized spacial score (nSPS) is 20.8. The van der Waals surface area contributed by atoms with E-state index in [1.54, 1.807) is 0 Å². The fourth-order valence-corrected chi connectivity index (χ4v) is 2.51. The Hall–Kier alpha value is -1.96. The molecule has 23 heavy (non-hydrogen) atoms. The Bertz CT molecular complexity index is 588. The molecule has 3 N–H and O–H groups in total. The highest BCUT2D eigenvalue weighted by molar-refractivity contribution is 5.95. The van der Waals surface area contributed by atoms with Gasteiger partial charge in [-0.15, -0.1) is 13.2 Å². The second-order valence-corrected chi connectivity index (χ2v) is 6.07. The summed E-state index contributed by atoms with van der Waals surface area (Å²) in [5.41, 5.74) is 4.97. The molecule has 1 aromatic carbocycles. The molecule has 2 rings (SSSR count). The van der Waals surface area contributed by atoms with Crippen molar-refractivity contribution in [2.75, 3.05) is 12.3 Å². The number of carbonyl (C=O) groups is 1. The van der Waals surface area contributed by atoms with Gasteiger partial charge in [-0.1, -0.05) is 0 Å². The van der Waals surface area contributed by atoms with Gasteiger partial charge in [0.25, 0.3) is 5.91 Å². The number of alkyl halides is 3. The van der Waals surface area contributed by atoms with Gasteiger partial charge < -0.3 is 20.5 Å². The lowest BCUT2D eigenvalue weighted by Crippen LogP contribution is -2.45. The van der Waals surface area contributed by atoms with E-state index in [2.05, 4.69) is 10.1 Å². The van der Waals surface area contributed by atoms with Crippen LogP contribution in [0.3, 0.4) is 0 Å². The van der Waals surface area contributed by atoms with Gasteiger partial charge in [0.1, 0.15) is 0 Å². The first-order valence-corrected chi connectivity index (χ1v) is 7.16. The molecule has 1 aromatic rings. The van der Waals surface area contributed by atoms with Crippen LogP contribution in [0.25, 0.3) is 0 Å². The summed E-state index contributed by atoms with van der Waals surface area (Å²) < 4.78 is 46.3. The first-order valence-electron chi connectivity index (χ1n) is 7.16. The molecule has 0 spiro atoms. The monoisotopic (exact) mass is 332 g/mol. The fourth-order valence-electron chi connectivity index (χ4n) is 2.51. The molecule has 1 unspecified atom stereocenters. The lowest BCUT2D eigenvalue weighted by Gasteiger charge is -2.35. The second-order valence-electron chi connectivity index (χ2n) is 6.07. The van der Waals surface area contributed by atoms with E-state index in [-0.39, 0.29) is 22.9 Å². The molecule has 0 aliphatic carbocycles. The Morgan fingerprint density at radius 3 is 2.74 bits per heavy atom. The molecule has 1 amide bonds. The lowest BCUT2D eigenvalue weighted by molar-refractivity contribution is -0.274. The topological polar surface area (TPSA) is 73.6 Å². The van der Waals surface area contributed by atoms with Crippen LogP contribution in [-0.4, -0.2) is 30.5 Å². The standard InChI is InChI=1S/C15H19F3N2O3/c1-14(2)8-10(5-6-22-14)20-13(21)9-3-4-11(19)12(7-9)23-15(16,17)18/h3-4,7,10H,5-6,8,19H2,1-2H3,(H,20,21). The number of ether oxygens (including phenoxy) is 2. The van der Waals surface area contributed by atoms with E-state index < -0.39 is 18.0 Å². The molecule has 8 heteroatoms. The number of hydrogen-bond donors (Lipinski definition) is 2. The lowest BCUT2D eigenvalue weighted by atomic mass is 9.94.